The second-order valence-electron chi connectivity index (χ2n) is 7.93. The Bertz CT molecular complexity index is 1380. The van der Waals surface area contributed by atoms with Crippen LogP contribution in [-0.2, 0) is 25.8 Å². The van der Waals surface area contributed by atoms with Gasteiger partial charge in [-0.1, -0.05) is 12.1 Å². The van der Waals surface area contributed by atoms with Crippen LogP contribution in [0.25, 0.3) is 0 Å². The summed E-state index contributed by atoms with van der Waals surface area (Å²) in [6, 6.07) is 9.07. The maximum atomic E-state index is 15.0. The van der Waals surface area contributed by atoms with Gasteiger partial charge in [0.25, 0.3) is 0 Å². The van der Waals surface area contributed by atoms with E-state index in [4.69, 9.17) is 30.5 Å². The summed E-state index contributed by atoms with van der Waals surface area (Å²) >= 11 is 5.92. The van der Waals surface area contributed by atoms with Crippen molar-refractivity contribution < 1.29 is 42.1 Å². The lowest BCUT2D eigenvalue weighted by Gasteiger charge is -2.36. The van der Waals surface area contributed by atoms with Crippen LogP contribution in [0.15, 0.2) is 42.5 Å². The fourth-order valence-corrected chi connectivity index (χ4v) is 4.48. The lowest BCUT2D eigenvalue weighted by Crippen LogP contribution is -2.33. The standard InChI is InChI=1S/C25H15ClF2O7/c1-11(29)32-22-8-20-16(6-18(22)27)25(15-4-3-13(10-26)5-14(15)24(31)35-25)17-7-19(28)23(33-12(2)30)9-21(17)34-20/h3-9H,10H2,1-2H3. The summed E-state index contributed by atoms with van der Waals surface area (Å²) in [6.45, 7) is 2.21. The molecule has 178 valence electrons. The van der Waals surface area contributed by atoms with E-state index >= 15 is 8.78 Å². The highest BCUT2D eigenvalue weighted by atomic mass is 35.5. The van der Waals surface area contributed by atoms with Gasteiger partial charge in [0, 0.05) is 37.4 Å². The third kappa shape index (κ3) is 3.50. The average molecular weight is 501 g/mol. The van der Waals surface area contributed by atoms with E-state index in [1.807, 2.05) is 0 Å². The summed E-state index contributed by atoms with van der Waals surface area (Å²) in [5, 5.41) is 0. The van der Waals surface area contributed by atoms with Crippen molar-refractivity contribution in [2.24, 2.45) is 0 Å². The Kier molecular flexibility index (Phi) is 5.25. The molecule has 1 spiro atoms. The first-order chi connectivity index (χ1) is 16.6. The summed E-state index contributed by atoms with van der Waals surface area (Å²) < 4.78 is 51.6. The first kappa shape index (κ1) is 22.8. The molecule has 0 aromatic heterocycles. The molecule has 10 heteroatoms. The fraction of sp³-hybridized carbons (Fsp3) is 0.160. The Morgan fingerprint density at radius 2 is 1.43 bits per heavy atom. The first-order valence-electron chi connectivity index (χ1n) is 10.3. The fourth-order valence-electron chi connectivity index (χ4n) is 4.32. The van der Waals surface area contributed by atoms with Gasteiger partial charge in [-0.3, -0.25) is 9.59 Å². The highest BCUT2D eigenvalue weighted by molar-refractivity contribution is 6.17. The van der Waals surface area contributed by atoms with Gasteiger partial charge in [-0.05, 0) is 23.8 Å². The van der Waals surface area contributed by atoms with E-state index in [0.717, 1.165) is 38.1 Å². The monoisotopic (exact) mass is 500 g/mol. The molecule has 2 aliphatic heterocycles. The Labute approximate surface area is 202 Å². The Morgan fingerprint density at radius 3 is 1.91 bits per heavy atom. The third-order valence-corrected chi connectivity index (χ3v) is 5.95. The molecular weight excluding hydrogens is 486 g/mol. The summed E-state index contributed by atoms with van der Waals surface area (Å²) in [5.74, 6) is -4.85. The molecule has 7 nitrogen and oxygen atoms in total. The predicted octanol–water partition coefficient (Wildman–Crippen LogP) is 5.12. The first-order valence-corrected chi connectivity index (χ1v) is 10.8. The summed E-state index contributed by atoms with van der Waals surface area (Å²) in [7, 11) is 0. The maximum Gasteiger partial charge on any atom is 0.340 e. The minimum absolute atomic E-state index is 0.0161. The molecule has 0 saturated carbocycles. The third-order valence-electron chi connectivity index (χ3n) is 5.64. The van der Waals surface area contributed by atoms with E-state index in [1.54, 1.807) is 18.2 Å². The number of fused-ring (bicyclic) bond motifs is 6. The molecule has 5 rings (SSSR count). The number of hydrogen-bond acceptors (Lipinski definition) is 7. The summed E-state index contributed by atoms with van der Waals surface area (Å²) in [6.07, 6.45) is 0. The molecule has 0 radical (unpaired) electrons. The van der Waals surface area contributed by atoms with Crippen LogP contribution in [0.2, 0.25) is 0 Å². The van der Waals surface area contributed by atoms with Crippen molar-refractivity contribution in [2.45, 2.75) is 25.3 Å². The molecule has 35 heavy (non-hydrogen) atoms. The SMILES string of the molecule is CC(=O)Oc1cc2c(cc1F)C1(OC(=O)c3cc(CCl)ccc31)c1cc(F)c(OC(C)=O)cc1O2. The molecule has 3 aromatic rings. The zero-order valence-corrected chi connectivity index (χ0v) is 19.0. The minimum Gasteiger partial charge on any atom is -0.456 e. The van der Waals surface area contributed by atoms with E-state index < -0.39 is 46.6 Å². The van der Waals surface area contributed by atoms with Gasteiger partial charge in [-0.15, -0.1) is 11.6 Å². The van der Waals surface area contributed by atoms with Crippen molar-refractivity contribution in [3.8, 4) is 23.0 Å². The Morgan fingerprint density at radius 1 is 0.886 bits per heavy atom. The van der Waals surface area contributed by atoms with Crippen LogP contribution in [0.4, 0.5) is 8.78 Å². The molecule has 3 aromatic carbocycles. The maximum absolute atomic E-state index is 15.0. The number of rotatable bonds is 3. The molecule has 0 aliphatic carbocycles. The molecule has 0 amide bonds. The number of ether oxygens (including phenoxy) is 4. The molecule has 0 bridgehead atoms. The lowest BCUT2D eigenvalue weighted by molar-refractivity contribution is -0.133. The number of benzene rings is 3. The van der Waals surface area contributed by atoms with Gasteiger partial charge in [0.15, 0.2) is 28.7 Å². The minimum atomic E-state index is -1.80. The van der Waals surface area contributed by atoms with Crippen LogP contribution in [-0.4, -0.2) is 17.9 Å². The highest BCUT2D eigenvalue weighted by Gasteiger charge is 2.54. The smallest absolute Gasteiger partial charge is 0.340 e. The summed E-state index contributed by atoms with van der Waals surface area (Å²) in [4.78, 5) is 35.9. The molecule has 0 unspecified atom stereocenters. The summed E-state index contributed by atoms with van der Waals surface area (Å²) in [5.41, 5.74) is -0.602. The predicted molar refractivity (Wildman–Crippen MR) is 117 cm³/mol. The quantitative estimate of drug-likeness (QED) is 0.280. The van der Waals surface area contributed by atoms with Gasteiger partial charge >= 0.3 is 17.9 Å². The molecule has 0 fully saturated rings. The van der Waals surface area contributed by atoms with Gasteiger partial charge in [-0.2, -0.15) is 0 Å². The Balaban J connectivity index is 1.82. The number of carbonyl (C=O) groups excluding carboxylic acids is 3. The molecular formula is C25H15ClF2O7. The number of halogens is 3. The van der Waals surface area contributed by atoms with Gasteiger partial charge in [0.05, 0.1) is 16.7 Å². The van der Waals surface area contributed by atoms with E-state index in [2.05, 4.69) is 0 Å². The molecule has 2 aliphatic rings. The van der Waals surface area contributed by atoms with Crippen LogP contribution >= 0.6 is 11.6 Å². The van der Waals surface area contributed by atoms with E-state index in [9.17, 15) is 14.4 Å². The molecule has 0 N–H and O–H groups in total. The Hall–Kier alpha value is -3.98. The lowest BCUT2D eigenvalue weighted by atomic mass is 9.77. The van der Waals surface area contributed by atoms with E-state index in [-0.39, 0.29) is 34.1 Å². The average Bonchev–Trinajstić information content (AvgIpc) is 3.08. The van der Waals surface area contributed by atoms with E-state index in [1.165, 1.54) is 0 Å². The normalized spacial score (nSPS) is 14.4. The van der Waals surface area contributed by atoms with Crippen molar-refractivity contribution in [1.82, 2.24) is 0 Å². The van der Waals surface area contributed by atoms with Crippen molar-refractivity contribution in [3.63, 3.8) is 0 Å². The zero-order chi connectivity index (χ0) is 25.1. The van der Waals surface area contributed by atoms with Crippen LogP contribution in [0.3, 0.4) is 0 Å². The number of hydrogen-bond donors (Lipinski definition) is 0. The second-order valence-corrected chi connectivity index (χ2v) is 8.20. The molecule has 0 saturated heterocycles. The molecule has 2 heterocycles. The number of alkyl halides is 1. The van der Waals surface area contributed by atoms with Gasteiger partial charge in [0.2, 0.25) is 0 Å². The molecule has 0 atom stereocenters. The van der Waals surface area contributed by atoms with Crippen molar-refractivity contribution >= 4 is 29.5 Å². The van der Waals surface area contributed by atoms with Crippen LogP contribution in [0.1, 0.15) is 46.5 Å². The van der Waals surface area contributed by atoms with Crippen molar-refractivity contribution in [2.75, 3.05) is 0 Å². The van der Waals surface area contributed by atoms with Gasteiger partial charge in [0.1, 0.15) is 11.5 Å². The number of esters is 3. The van der Waals surface area contributed by atoms with Gasteiger partial charge in [-0.25, -0.2) is 13.6 Å². The topological polar surface area (TPSA) is 88.1 Å². The van der Waals surface area contributed by atoms with Crippen LogP contribution in [0, 0.1) is 11.6 Å². The van der Waals surface area contributed by atoms with E-state index in [0.29, 0.717) is 11.1 Å². The van der Waals surface area contributed by atoms with Crippen LogP contribution in [0.5, 0.6) is 23.0 Å². The van der Waals surface area contributed by atoms with Crippen molar-refractivity contribution in [3.05, 3.63) is 81.9 Å². The number of carbonyl (C=O) groups is 3. The van der Waals surface area contributed by atoms with Crippen LogP contribution < -0.4 is 14.2 Å². The highest BCUT2D eigenvalue weighted by Crippen LogP contribution is 2.57. The second kappa shape index (κ2) is 8.06. The largest absolute Gasteiger partial charge is 0.456 e. The van der Waals surface area contributed by atoms with Crippen molar-refractivity contribution in [1.29, 1.82) is 0 Å². The zero-order valence-electron chi connectivity index (χ0n) is 18.2. The van der Waals surface area contributed by atoms with Gasteiger partial charge < -0.3 is 18.9 Å².